The van der Waals surface area contributed by atoms with Gasteiger partial charge in [0.25, 0.3) is 0 Å². The van der Waals surface area contributed by atoms with Gasteiger partial charge in [-0.05, 0) is 78.8 Å². The normalized spacial score (nSPS) is 25.2. The highest BCUT2D eigenvalue weighted by atomic mass is 15.1. The first kappa shape index (κ1) is 16.3. The summed E-state index contributed by atoms with van der Waals surface area (Å²) in [6, 6.07) is 0. The Morgan fingerprint density at radius 3 is 2.40 bits per heavy atom. The van der Waals surface area contributed by atoms with Gasteiger partial charge in [-0.1, -0.05) is 19.3 Å². The second kappa shape index (κ2) is 7.77. The molecule has 1 aliphatic carbocycles. The van der Waals surface area contributed by atoms with Crippen molar-refractivity contribution < 1.29 is 0 Å². The highest BCUT2D eigenvalue weighted by molar-refractivity contribution is 4.90. The van der Waals surface area contributed by atoms with Gasteiger partial charge in [-0.15, -0.1) is 0 Å². The Bertz CT molecular complexity index is 265. The van der Waals surface area contributed by atoms with Crippen LogP contribution in [0.5, 0.6) is 0 Å². The minimum absolute atomic E-state index is 0.444. The van der Waals surface area contributed by atoms with Crippen LogP contribution in [0.4, 0.5) is 0 Å². The zero-order chi connectivity index (χ0) is 14.4. The summed E-state index contributed by atoms with van der Waals surface area (Å²) in [5.74, 6) is 0.924. The molecule has 3 nitrogen and oxygen atoms in total. The van der Waals surface area contributed by atoms with Crippen molar-refractivity contribution in [2.24, 2.45) is 5.92 Å². The molecule has 0 radical (unpaired) electrons. The fourth-order valence-electron chi connectivity index (χ4n) is 4.04. The molecule has 20 heavy (non-hydrogen) atoms. The van der Waals surface area contributed by atoms with E-state index in [1.807, 2.05) is 0 Å². The summed E-state index contributed by atoms with van der Waals surface area (Å²) in [5.41, 5.74) is 0.444. The molecule has 1 aliphatic heterocycles. The molecular formula is C17H35N3. The van der Waals surface area contributed by atoms with Crippen LogP contribution in [-0.4, -0.2) is 62.7 Å². The third-order valence-corrected chi connectivity index (χ3v) is 5.72. The number of hydrogen-bond acceptors (Lipinski definition) is 3. The maximum atomic E-state index is 3.65. The van der Waals surface area contributed by atoms with Crippen LogP contribution in [0.2, 0.25) is 0 Å². The number of piperidine rings is 1. The first-order valence-electron chi connectivity index (χ1n) is 8.69. The molecule has 2 rings (SSSR count). The lowest BCUT2D eigenvalue weighted by Crippen LogP contribution is -2.47. The summed E-state index contributed by atoms with van der Waals surface area (Å²) in [4.78, 5) is 5.05. The third kappa shape index (κ3) is 4.71. The minimum Gasteiger partial charge on any atom is -0.314 e. The van der Waals surface area contributed by atoms with Gasteiger partial charge in [0.2, 0.25) is 0 Å². The molecule has 0 unspecified atom stereocenters. The van der Waals surface area contributed by atoms with Gasteiger partial charge >= 0.3 is 0 Å². The van der Waals surface area contributed by atoms with Crippen molar-refractivity contribution in [1.29, 1.82) is 0 Å². The molecule has 2 aliphatic rings. The molecule has 0 atom stereocenters. The van der Waals surface area contributed by atoms with E-state index in [1.165, 1.54) is 77.5 Å². The largest absolute Gasteiger partial charge is 0.314 e. The molecule has 1 saturated heterocycles. The van der Waals surface area contributed by atoms with Crippen LogP contribution in [0.15, 0.2) is 0 Å². The predicted octanol–water partition coefficient (Wildman–Crippen LogP) is 2.57. The van der Waals surface area contributed by atoms with Crippen molar-refractivity contribution in [3.8, 4) is 0 Å². The monoisotopic (exact) mass is 281 g/mol. The van der Waals surface area contributed by atoms with E-state index in [2.05, 4.69) is 36.3 Å². The fourth-order valence-corrected chi connectivity index (χ4v) is 4.04. The highest BCUT2D eigenvalue weighted by Gasteiger charge is 2.30. The Kier molecular flexibility index (Phi) is 6.31. The Morgan fingerprint density at radius 2 is 1.80 bits per heavy atom. The number of rotatable bonds is 6. The molecule has 118 valence electrons. The topological polar surface area (TPSA) is 18.5 Å². The summed E-state index contributed by atoms with van der Waals surface area (Å²) >= 11 is 0. The summed E-state index contributed by atoms with van der Waals surface area (Å²) in [5, 5.41) is 3.65. The average Bonchev–Trinajstić information content (AvgIpc) is 2.49. The standard InChI is InChI=1S/C17H35N3/c1-18-17(9-5-4-6-10-17)11-14-20(3)15-16-7-12-19(2)13-8-16/h16,18H,4-15H2,1-3H3. The van der Waals surface area contributed by atoms with Gasteiger partial charge in [0.15, 0.2) is 0 Å². The van der Waals surface area contributed by atoms with Gasteiger partial charge in [-0.3, -0.25) is 0 Å². The van der Waals surface area contributed by atoms with E-state index in [0.29, 0.717) is 5.54 Å². The van der Waals surface area contributed by atoms with Crippen molar-refractivity contribution in [2.75, 3.05) is 47.3 Å². The van der Waals surface area contributed by atoms with Crippen LogP contribution in [0.3, 0.4) is 0 Å². The van der Waals surface area contributed by atoms with Gasteiger partial charge in [-0.25, -0.2) is 0 Å². The van der Waals surface area contributed by atoms with Crippen molar-refractivity contribution >= 4 is 0 Å². The van der Waals surface area contributed by atoms with Crippen molar-refractivity contribution in [1.82, 2.24) is 15.1 Å². The van der Waals surface area contributed by atoms with Crippen LogP contribution in [0.1, 0.15) is 51.4 Å². The maximum Gasteiger partial charge on any atom is 0.0190 e. The first-order chi connectivity index (χ1) is 9.63. The predicted molar refractivity (Wildman–Crippen MR) is 87.2 cm³/mol. The molecule has 3 heteroatoms. The summed E-state index contributed by atoms with van der Waals surface area (Å²) in [6.45, 7) is 5.14. The maximum absolute atomic E-state index is 3.65. The van der Waals surface area contributed by atoms with Crippen molar-refractivity contribution in [2.45, 2.75) is 56.9 Å². The number of hydrogen-bond donors (Lipinski definition) is 1. The molecule has 0 spiro atoms. The van der Waals surface area contributed by atoms with E-state index < -0.39 is 0 Å². The van der Waals surface area contributed by atoms with Crippen molar-refractivity contribution in [3.05, 3.63) is 0 Å². The summed E-state index contributed by atoms with van der Waals surface area (Å²) in [7, 11) is 6.74. The van der Waals surface area contributed by atoms with Crippen LogP contribution >= 0.6 is 0 Å². The molecule has 0 aromatic carbocycles. The SMILES string of the molecule is CNC1(CCN(C)CC2CCN(C)CC2)CCCCC1. The van der Waals surface area contributed by atoms with Crippen LogP contribution in [-0.2, 0) is 0 Å². The molecule has 0 amide bonds. The van der Waals surface area contributed by atoms with Gasteiger partial charge in [0.05, 0.1) is 0 Å². The molecule has 0 aromatic heterocycles. The van der Waals surface area contributed by atoms with Crippen molar-refractivity contribution in [3.63, 3.8) is 0 Å². The van der Waals surface area contributed by atoms with E-state index in [-0.39, 0.29) is 0 Å². The number of likely N-dealkylation sites (tertiary alicyclic amines) is 1. The number of nitrogens with one attached hydrogen (secondary N) is 1. The summed E-state index contributed by atoms with van der Waals surface area (Å²) in [6.07, 6.45) is 11.1. The molecular weight excluding hydrogens is 246 g/mol. The lowest BCUT2D eigenvalue weighted by Gasteiger charge is -2.39. The summed E-state index contributed by atoms with van der Waals surface area (Å²) < 4.78 is 0. The molecule has 1 heterocycles. The second-order valence-corrected chi connectivity index (χ2v) is 7.35. The Balaban J connectivity index is 1.69. The zero-order valence-corrected chi connectivity index (χ0v) is 14.0. The second-order valence-electron chi connectivity index (χ2n) is 7.35. The van der Waals surface area contributed by atoms with Gasteiger partial charge < -0.3 is 15.1 Å². The van der Waals surface area contributed by atoms with Crippen LogP contribution in [0.25, 0.3) is 0 Å². The van der Waals surface area contributed by atoms with E-state index in [9.17, 15) is 0 Å². The number of nitrogens with zero attached hydrogens (tertiary/aromatic N) is 2. The lowest BCUT2D eigenvalue weighted by atomic mass is 9.79. The first-order valence-corrected chi connectivity index (χ1v) is 8.69. The third-order valence-electron chi connectivity index (χ3n) is 5.72. The van der Waals surface area contributed by atoms with E-state index >= 15 is 0 Å². The van der Waals surface area contributed by atoms with E-state index in [1.54, 1.807) is 0 Å². The molecule has 2 fully saturated rings. The quantitative estimate of drug-likeness (QED) is 0.807. The highest BCUT2D eigenvalue weighted by Crippen LogP contribution is 2.31. The average molecular weight is 281 g/mol. The van der Waals surface area contributed by atoms with Gasteiger partial charge in [-0.2, -0.15) is 0 Å². The van der Waals surface area contributed by atoms with Gasteiger partial charge in [0, 0.05) is 12.1 Å². The lowest BCUT2D eigenvalue weighted by molar-refractivity contribution is 0.155. The smallest absolute Gasteiger partial charge is 0.0190 e. The van der Waals surface area contributed by atoms with Crippen LogP contribution in [0, 0.1) is 5.92 Å². The van der Waals surface area contributed by atoms with E-state index in [4.69, 9.17) is 0 Å². The zero-order valence-electron chi connectivity index (χ0n) is 14.0. The molecule has 0 aromatic rings. The van der Waals surface area contributed by atoms with E-state index in [0.717, 1.165) is 5.92 Å². The van der Waals surface area contributed by atoms with Gasteiger partial charge in [0.1, 0.15) is 0 Å². The Hall–Kier alpha value is -0.120. The molecule has 1 N–H and O–H groups in total. The fraction of sp³-hybridized carbons (Fsp3) is 1.00. The molecule has 1 saturated carbocycles. The van der Waals surface area contributed by atoms with Crippen LogP contribution < -0.4 is 5.32 Å². The Morgan fingerprint density at radius 1 is 1.15 bits per heavy atom. The minimum atomic E-state index is 0.444. The Labute approximate surface area is 126 Å². The molecule has 0 bridgehead atoms.